The number of anilines is 1. The summed E-state index contributed by atoms with van der Waals surface area (Å²) in [6.07, 6.45) is 7.87. The summed E-state index contributed by atoms with van der Waals surface area (Å²) in [5.74, 6) is 0.937. The summed E-state index contributed by atoms with van der Waals surface area (Å²) in [7, 11) is -3.24. The molecule has 164 valence electrons. The lowest BCUT2D eigenvalue weighted by atomic mass is 10.1. The number of alkyl halides is 1. The van der Waals surface area contributed by atoms with Crippen LogP contribution in [0.1, 0.15) is 51.0 Å². The third-order valence-electron chi connectivity index (χ3n) is 6.07. The van der Waals surface area contributed by atoms with Crippen molar-refractivity contribution in [3.63, 3.8) is 0 Å². The first-order valence-corrected chi connectivity index (χ1v) is 12.8. The van der Waals surface area contributed by atoms with Gasteiger partial charge >= 0.3 is 0 Å². The molecular formula is C20H28ClN5O3S. The second-order valence-corrected chi connectivity index (χ2v) is 10.6. The molecule has 2 fully saturated rings. The molecule has 1 aliphatic heterocycles. The van der Waals surface area contributed by atoms with Crippen LogP contribution in [-0.4, -0.2) is 58.0 Å². The highest BCUT2D eigenvalue weighted by molar-refractivity contribution is 7.89. The Kier molecular flexibility index (Phi) is 6.60. The van der Waals surface area contributed by atoms with Crippen LogP contribution in [0.15, 0.2) is 23.1 Å². The number of sulfonamides is 1. The normalized spacial score (nSPS) is 19.5. The molecule has 4 rings (SSSR count). The van der Waals surface area contributed by atoms with Crippen LogP contribution >= 0.6 is 11.6 Å². The second-order valence-electron chi connectivity index (χ2n) is 8.13. The zero-order valence-electron chi connectivity index (χ0n) is 17.0. The second kappa shape index (κ2) is 9.20. The maximum absolute atomic E-state index is 12.5. The first-order chi connectivity index (χ1) is 14.5. The van der Waals surface area contributed by atoms with E-state index in [9.17, 15) is 13.2 Å². The lowest BCUT2D eigenvalue weighted by molar-refractivity contribution is 0.329. The van der Waals surface area contributed by atoms with Gasteiger partial charge in [0.1, 0.15) is 5.65 Å². The SMILES string of the molecule is O=c1ccc2cnc(NC3CCN(S(=O)(=O)CCCCl)CC3)nc2n1C1CCCC1. The first kappa shape index (κ1) is 21.5. The van der Waals surface area contributed by atoms with Gasteiger partial charge in [-0.3, -0.25) is 9.36 Å². The van der Waals surface area contributed by atoms with Crippen molar-refractivity contribution in [1.82, 2.24) is 18.8 Å². The van der Waals surface area contributed by atoms with Gasteiger partial charge in [0.2, 0.25) is 16.0 Å². The van der Waals surface area contributed by atoms with Crippen LogP contribution in [0.2, 0.25) is 0 Å². The number of aromatic nitrogens is 3. The van der Waals surface area contributed by atoms with E-state index in [0.29, 0.717) is 49.8 Å². The third-order valence-corrected chi connectivity index (χ3v) is 8.30. The standard InChI is InChI=1S/C20H28ClN5O3S/c21-10-3-13-30(28,29)25-11-8-16(9-12-25)23-20-22-14-15-6-7-18(27)26(19(15)24-20)17-4-1-2-5-17/h6-7,14,16-17H,1-5,8-13H2,(H,22,23,24). The van der Waals surface area contributed by atoms with Gasteiger partial charge in [-0.25, -0.2) is 17.7 Å². The predicted molar refractivity (Wildman–Crippen MR) is 119 cm³/mol. The van der Waals surface area contributed by atoms with E-state index in [1.165, 1.54) is 0 Å². The monoisotopic (exact) mass is 453 g/mol. The Morgan fingerprint density at radius 2 is 1.87 bits per heavy atom. The summed E-state index contributed by atoms with van der Waals surface area (Å²) in [4.78, 5) is 21.6. The van der Waals surface area contributed by atoms with Crippen LogP contribution in [0.4, 0.5) is 5.95 Å². The Hall–Kier alpha value is -1.71. The zero-order chi connectivity index (χ0) is 21.1. The molecule has 1 saturated heterocycles. The van der Waals surface area contributed by atoms with Crippen molar-refractivity contribution in [1.29, 1.82) is 0 Å². The van der Waals surface area contributed by atoms with Crippen molar-refractivity contribution < 1.29 is 8.42 Å². The van der Waals surface area contributed by atoms with E-state index in [2.05, 4.69) is 15.3 Å². The van der Waals surface area contributed by atoms with Crippen LogP contribution in [0.5, 0.6) is 0 Å². The van der Waals surface area contributed by atoms with Gasteiger partial charge in [0, 0.05) is 48.7 Å². The predicted octanol–water partition coefficient (Wildman–Crippen LogP) is 2.74. The molecule has 0 radical (unpaired) electrons. The molecule has 0 atom stereocenters. The molecule has 8 nitrogen and oxygen atoms in total. The summed E-state index contributed by atoms with van der Waals surface area (Å²) in [6.45, 7) is 0.950. The van der Waals surface area contributed by atoms with Gasteiger partial charge in [-0.15, -0.1) is 11.6 Å². The van der Waals surface area contributed by atoms with Crippen LogP contribution in [0.3, 0.4) is 0 Å². The van der Waals surface area contributed by atoms with Crippen LogP contribution in [-0.2, 0) is 10.0 Å². The Morgan fingerprint density at radius 3 is 2.57 bits per heavy atom. The minimum atomic E-state index is -3.24. The van der Waals surface area contributed by atoms with E-state index in [1.807, 2.05) is 4.57 Å². The minimum absolute atomic E-state index is 0.0190. The number of rotatable bonds is 7. The summed E-state index contributed by atoms with van der Waals surface area (Å²) in [6, 6.07) is 3.66. The number of pyridine rings is 1. The Labute approximate surface area is 181 Å². The summed E-state index contributed by atoms with van der Waals surface area (Å²) >= 11 is 5.64. The molecule has 2 aromatic rings. The molecule has 1 saturated carbocycles. The highest BCUT2D eigenvalue weighted by Gasteiger charge is 2.28. The molecule has 2 aromatic heterocycles. The topological polar surface area (TPSA) is 97.2 Å². The van der Waals surface area contributed by atoms with Crippen molar-refractivity contribution in [3.8, 4) is 0 Å². The van der Waals surface area contributed by atoms with E-state index < -0.39 is 10.0 Å². The van der Waals surface area contributed by atoms with Gasteiger partial charge in [-0.1, -0.05) is 12.8 Å². The Bertz CT molecular complexity index is 1040. The van der Waals surface area contributed by atoms with Crippen molar-refractivity contribution in [3.05, 3.63) is 28.7 Å². The van der Waals surface area contributed by atoms with Gasteiger partial charge in [0.15, 0.2) is 0 Å². The molecule has 1 N–H and O–H groups in total. The Balaban J connectivity index is 1.47. The molecular weight excluding hydrogens is 426 g/mol. The highest BCUT2D eigenvalue weighted by Crippen LogP contribution is 2.30. The molecule has 0 aromatic carbocycles. The van der Waals surface area contributed by atoms with Crippen molar-refractivity contribution >= 4 is 38.6 Å². The van der Waals surface area contributed by atoms with Crippen LogP contribution in [0, 0.1) is 0 Å². The summed E-state index contributed by atoms with van der Waals surface area (Å²) in [5.41, 5.74) is 0.655. The molecule has 1 aliphatic carbocycles. The largest absolute Gasteiger partial charge is 0.351 e. The van der Waals surface area contributed by atoms with E-state index in [-0.39, 0.29) is 23.4 Å². The first-order valence-electron chi connectivity index (χ1n) is 10.7. The lowest BCUT2D eigenvalue weighted by Crippen LogP contribution is -2.43. The average Bonchev–Trinajstić information content (AvgIpc) is 3.27. The number of nitrogens with one attached hydrogen (secondary N) is 1. The summed E-state index contributed by atoms with van der Waals surface area (Å²) in [5, 5.41) is 4.20. The van der Waals surface area contributed by atoms with Gasteiger partial charge in [0.25, 0.3) is 5.56 Å². The van der Waals surface area contributed by atoms with Crippen molar-refractivity contribution in [2.45, 2.75) is 57.0 Å². The molecule has 0 bridgehead atoms. The smallest absolute Gasteiger partial charge is 0.252 e. The maximum Gasteiger partial charge on any atom is 0.252 e. The van der Waals surface area contributed by atoms with Gasteiger partial charge < -0.3 is 5.32 Å². The van der Waals surface area contributed by atoms with Gasteiger partial charge in [-0.05, 0) is 38.2 Å². The molecule has 10 heteroatoms. The number of piperidine rings is 1. The van der Waals surface area contributed by atoms with Gasteiger partial charge in [-0.2, -0.15) is 4.98 Å². The number of hydrogen-bond acceptors (Lipinski definition) is 6. The number of hydrogen-bond donors (Lipinski definition) is 1. The quantitative estimate of drug-likeness (QED) is 0.647. The number of nitrogens with zero attached hydrogens (tertiary/aromatic N) is 4. The number of fused-ring (bicyclic) bond motifs is 1. The van der Waals surface area contributed by atoms with Crippen molar-refractivity contribution in [2.24, 2.45) is 0 Å². The molecule has 2 aliphatic rings. The fourth-order valence-corrected chi connectivity index (χ4v) is 6.28. The van der Waals surface area contributed by atoms with Crippen LogP contribution < -0.4 is 10.9 Å². The zero-order valence-corrected chi connectivity index (χ0v) is 18.5. The molecule has 0 unspecified atom stereocenters. The fourth-order valence-electron chi connectivity index (χ4n) is 4.45. The molecule has 3 heterocycles. The van der Waals surface area contributed by atoms with E-state index >= 15 is 0 Å². The van der Waals surface area contributed by atoms with E-state index in [1.54, 1.807) is 22.6 Å². The van der Waals surface area contributed by atoms with Gasteiger partial charge in [0.05, 0.1) is 5.75 Å². The highest BCUT2D eigenvalue weighted by atomic mass is 35.5. The number of halogens is 1. The minimum Gasteiger partial charge on any atom is -0.351 e. The average molecular weight is 454 g/mol. The summed E-state index contributed by atoms with van der Waals surface area (Å²) < 4.78 is 28.1. The third kappa shape index (κ3) is 4.63. The Morgan fingerprint density at radius 1 is 1.13 bits per heavy atom. The molecule has 0 spiro atoms. The van der Waals surface area contributed by atoms with Crippen molar-refractivity contribution in [2.75, 3.05) is 30.0 Å². The maximum atomic E-state index is 12.5. The van der Waals surface area contributed by atoms with Crippen LogP contribution in [0.25, 0.3) is 11.0 Å². The molecule has 0 amide bonds. The lowest BCUT2D eigenvalue weighted by Gasteiger charge is -2.31. The fraction of sp³-hybridized carbons (Fsp3) is 0.650. The van der Waals surface area contributed by atoms with E-state index in [4.69, 9.17) is 11.6 Å². The molecule has 30 heavy (non-hydrogen) atoms. The van der Waals surface area contributed by atoms with E-state index in [0.717, 1.165) is 31.1 Å².